The van der Waals surface area contributed by atoms with Gasteiger partial charge in [-0.05, 0) is 36.4 Å². The van der Waals surface area contributed by atoms with E-state index in [-0.39, 0.29) is 0 Å². The predicted octanol–water partition coefficient (Wildman–Crippen LogP) is 4.04. The van der Waals surface area contributed by atoms with Gasteiger partial charge in [-0.15, -0.1) is 0 Å². The van der Waals surface area contributed by atoms with Gasteiger partial charge in [0.05, 0.1) is 35.2 Å². The highest BCUT2D eigenvalue weighted by Gasteiger charge is 2.10. The summed E-state index contributed by atoms with van der Waals surface area (Å²) in [6.45, 7) is 0. The molecule has 0 unspecified atom stereocenters. The van der Waals surface area contributed by atoms with Crippen molar-refractivity contribution >= 4 is 23.2 Å². The molecule has 0 amide bonds. The number of aromatic nitrogens is 2. The molecule has 128 valence electrons. The zero-order chi connectivity index (χ0) is 17.9. The van der Waals surface area contributed by atoms with E-state index in [1.165, 1.54) is 12.4 Å². The molecule has 4 rings (SSSR count). The SMILES string of the molecule is ON=Cc1cccn1-c1cccc2c(-n3cccc3C=NO)cccc12. The van der Waals surface area contributed by atoms with Crippen LogP contribution >= 0.6 is 0 Å². The quantitative estimate of drug-likeness (QED) is 0.333. The van der Waals surface area contributed by atoms with E-state index in [4.69, 9.17) is 10.4 Å². The molecule has 0 aliphatic heterocycles. The molecule has 0 fully saturated rings. The number of benzene rings is 2. The van der Waals surface area contributed by atoms with E-state index in [0.717, 1.165) is 33.5 Å². The van der Waals surface area contributed by atoms with E-state index < -0.39 is 0 Å². The smallest absolute Gasteiger partial charge is 0.0901 e. The summed E-state index contributed by atoms with van der Waals surface area (Å²) in [6.07, 6.45) is 6.67. The van der Waals surface area contributed by atoms with Crippen LogP contribution in [0.15, 0.2) is 83.4 Å². The van der Waals surface area contributed by atoms with Crippen LogP contribution in [0.5, 0.6) is 0 Å². The summed E-state index contributed by atoms with van der Waals surface area (Å²) in [4.78, 5) is 0. The zero-order valence-corrected chi connectivity index (χ0v) is 13.8. The minimum absolute atomic E-state index is 0.777. The predicted molar refractivity (Wildman–Crippen MR) is 101 cm³/mol. The van der Waals surface area contributed by atoms with Crippen molar-refractivity contribution in [3.05, 3.63) is 84.4 Å². The average Bonchev–Trinajstić information content (AvgIpc) is 3.31. The third-order valence-electron chi connectivity index (χ3n) is 4.34. The maximum absolute atomic E-state index is 8.89. The second-order valence-electron chi connectivity index (χ2n) is 5.74. The van der Waals surface area contributed by atoms with Gasteiger partial charge in [-0.25, -0.2) is 0 Å². The number of fused-ring (bicyclic) bond motifs is 1. The van der Waals surface area contributed by atoms with Crippen LogP contribution in [-0.2, 0) is 0 Å². The van der Waals surface area contributed by atoms with Gasteiger partial charge >= 0.3 is 0 Å². The standard InChI is InChI=1S/C20H16N4O2/c25-21-13-15-5-3-11-23(15)19-9-1-7-17-18(19)8-2-10-20(17)24-12-4-6-16(24)14-22-26/h1-14,25-26H. The number of oxime groups is 2. The Hall–Kier alpha value is -3.80. The van der Waals surface area contributed by atoms with E-state index in [9.17, 15) is 0 Å². The highest BCUT2D eigenvalue weighted by Crippen LogP contribution is 2.29. The molecule has 2 N–H and O–H groups in total. The summed E-state index contributed by atoms with van der Waals surface area (Å²) in [5.41, 5.74) is 3.52. The van der Waals surface area contributed by atoms with Crippen LogP contribution in [0.1, 0.15) is 11.4 Å². The van der Waals surface area contributed by atoms with Crippen molar-refractivity contribution in [2.24, 2.45) is 10.3 Å². The first-order valence-corrected chi connectivity index (χ1v) is 8.05. The maximum Gasteiger partial charge on any atom is 0.0901 e. The lowest BCUT2D eigenvalue weighted by molar-refractivity contribution is 0.321. The van der Waals surface area contributed by atoms with Gasteiger partial charge in [-0.2, -0.15) is 0 Å². The number of hydrogen-bond donors (Lipinski definition) is 2. The van der Waals surface area contributed by atoms with Gasteiger partial charge in [0.1, 0.15) is 0 Å². The first-order valence-electron chi connectivity index (χ1n) is 8.05. The monoisotopic (exact) mass is 344 g/mol. The van der Waals surface area contributed by atoms with E-state index in [0.29, 0.717) is 0 Å². The molecular weight excluding hydrogens is 328 g/mol. The van der Waals surface area contributed by atoms with E-state index in [1.54, 1.807) is 0 Å². The highest BCUT2D eigenvalue weighted by molar-refractivity contribution is 5.97. The van der Waals surface area contributed by atoms with Crippen molar-refractivity contribution in [3.8, 4) is 11.4 Å². The van der Waals surface area contributed by atoms with Gasteiger partial charge < -0.3 is 19.5 Å². The normalized spacial score (nSPS) is 11.8. The molecule has 0 atom stereocenters. The molecule has 0 saturated heterocycles. The first kappa shape index (κ1) is 15.7. The number of hydrogen-bond acceptors (Lipinski definition) is 4. The van der Waals surface area contributed by atoms with Crippen molar-refractivity contribution in [2.75, 3.05) is 0 Å². The molecule has 6 heteroatoms. The number of nitrogens with zero attached hydrogens (tertiary/aromatic N) is 4. The summed E-state index contributed by atoms with van der Waals surface area (Å²) >= 11 is 0. The topological polar surface area (TPSA) is 75.0 Å². The first-order chi connectivity index (χ1) is 12.8. The third kappa shape index (κ3) is 2.53. The Morgan fingerprint density at radius 2 is 1.08 bits per heavy atom. The zero-order valence-electron chi connectivity index (χ0n) is 13.8. The molecule has 4 aromatic rings. The molecule has 0 aliphatic rings. The van der Waals surface area contributed by atoms with Gasteiger partial charge in [0.25, 0.3) is 0 Å². The van der Waals surface area contributed by atoms with Crippen LogP contribution in [0.2, 0.25) is 0 Å². The molecular formula is C20H16N4O2. The third-order valence-corrected chi connectivity index (χ3v) is 4.34. The molecule has 6 nitrogen and oxygen atoms in total. The Morgan fingerprint density at radius 1 is 0.615 bits per heavy atom. The second kappa shape index (κ2) is 6.60. The Balaban J connectivity index is 1.97. The van der Waals surface area contributed by atoms with Gasteiger partial charge in [0.15, 0.2) is 0 Å². The number of rotatable bonds is 4. The van der Waals surface area contributed by atoms with Gasteiger partial charge in [0.2, 0.25) is 0 Å². The minimum Gasteiger partial charge on any atom is -0.411 e. The molecule has 26 heavy (non-hydrogen) atoms. The molecule has 0 radical (unpaired) electrons. The molecule has 2 aromatic heterocycles. The van der Waals surface area contributed by atoms with Crippen molar-refractivity contribution in [3.63, 3.8) is 0 Å². The Kier molecular flexibility index (Phi) is 3.99. The van der Waals surface area contributed by atoms with Crippen molar-refractivity contribution in [1.29, 1.82) is 0 Å². The van der Waals surface area contributed by atoms with Crippen molar-refractivity contribution in [1.82, 2.24) is 9.13 Å². The summed E-state index contributed by atoms with van der Waals surface area (Å²) in [7, 11) is 0. The molecule has 0 saturated carbocycles. The molecule has 0 aliphatic carbocycles. The Labute approximate surface area is 149 Å². The van der Waals surface area contributed by atoms with Crippen LogP contribution < -0.4 is 0 Å². The summed E-state index contributed by atoms with van der Waals surface area (Å²) in [5.74, 6) is 0. The minimum atomic E-state index is 0.777. The largest absolute Gasteiger partial charge is 0.411 e. The van der Waals surface area contributed by atoms with Crippen molar-refractivity contribution < 1.29 is 10.4 Å². The fraction of sp³-hybridized carbons (Fsp3) is 0. The summed E-state index contributed by atoms with van der Waals surface area (Å²) in [5, 5.41) is 26.2. The second-order valence-corrected chi connectivity index (χ2v) is 5.74. The van der Waals surface area contributed by atoms with Crippen LogP contribution in [0.4, 0.5) is 0 Å². The fourth-order valence-corrected chi connectivity index (χ4v) is 3.25. The lowest BCUT2D eigenvalue weighted by Gasteiger charge is -2.14. The van der Waals surface area contributed by atoms with E-state index in [2.05, 4.69) is 22.4 Å². The van der Waals surface area contributed by atoms with Crippen LogP contribution in [0.25, 0.3) is 22.1 Å². The van der Waals surface area contributed by atoms with Gasteiger partial charge in [0, 0.05) is 23.2 Å². The van der Waals surface area contributed by atoms with E-state index in [1.807, 2.05) is 70.1 Å². The molecule has 0 spiro atoms. The maximum atomic E-state index is 8.89. The van der Waals surface area contributed by atoms with Gasteiger partial charge in [-0.1, -0.05) is 34.6 Å². The summed E-state index contributed by atoms with van der Waals surface area (Å²) < 4.78 is 3.94. The molecule has 2 heterocycles. The van der Waals surface area contributed by atoms with Crippen LogP contribution in [0, 0.1) is 0 Å². The lowest BCUT2D eigenvalue weighted by Crippen LogP contribution is -2.02. The summed E-state index contributed by atoms with van der Waals surface area (Å²) in [6, 6.07) is 19.7. The van der Waals surface area contributed by atoms with Crippen molar-refractivity contribution in [2.45, 2.75) is 0 Å². The Morgan fingerprint density at radius 3 is 1.50 bits per heavy atom. The van der Waals surface area contributed by atoms with Crippen LogP contribution in [-0.4, -0.2) is 32.0 Å². The lowest BCUT2D eigenvalue weighted by atomic mass is 10.1. The van der Waals surface area contributed by atoms with E-state index >= 15 is 0 Å². The Bertz CT molecular complexity index is 1030. The van der Waals surface area contributed by atoms with Gasteiger partial charge in [-0.3, -0.25) is 0 Å². The molecule has 2 aromatic carbocycles. The highest BCUT2D eigenvalue weighted by atomic mass is 16.4. The van der Waals surface area contributed by atoms with Crippen LogP contribution in [0.3, 0.4) is 0 Å². The molecule has 0 bridgehead atoms. The fourth-order valence-electron chi connectivity index (χ4n) is 3.25. The average molecular weight is 344 g/mol.